The Morgan fingerprint density at radius 3 is 2.42 bits per heavy atom. The second-order valence-electron chi connectivity index (χ2n) is 2.48. The van der Waals surface area contributed by atoms with Crippen LogP contribution in [0.15, 0.2) is 24.3 Å². The predicted octanol–water partition coefficient (Wildman–Crippen LogP) is 1.24. The number of nitrogens with zero attached hydrogens (tertiary/aromatic N) is 1. The minimum Gasteiger partial charge on any atom is -0.348 e. The molecular formula is C9H11NO2. The van der Waals surface area contributed by atoms with Crippen LogP contribution in [0, 0.1) is 17.2 Å². The van der Waals surface area contributed by atoms with Crippen molar-refractivity contribution in [1.29, 1.82) is 5.26 Å². The smallest absolute Gasteiger partial charge is 0.207 e. The summed E-state index contributed by atoms with van der Waals surface area (Å²) in [5.41, 5.74) is 0. The van der Waals surface area contributed by atoms with E-state index >= 15 is 0 Å². The van der Waals surface area contributed by atoms with Gasteiger partial charge in [0.05, 0.1) is 6.07 Å². The van der Waals surface area contributed by atoms with Crippen LogP contribution < -0.4 is 0 Å². The fourth-order valence-electron chi connectivity index (χ4n) is 1.21. The average molecular weight is 165 g/mol. The summed E-state index contributed by atoms with van der Waals surface area (Å²) in [5, 5.41) is 8.79. The van der Waals surface area contributed by atoms with E-state index in [0.717, 1.165) is 0 Å². The summed E-state index contributed by atoms with van der Waals surface area (Å²) in [6, 6.07) is 2.11. The summed E-state index contributed by atoms with van der Waals surface area (Å²) in [6.45, 7) is 0. The number of methoxy groups -OCH3 is 2. The Balaban J connectivity index is 2.94. The monoisotopic (exact) mass is 165 g/mol. The molecule has 0 aromatic rings. The van der Waals surface area contributed by atoms with Gasteiger partial charge in [0.25, 0.3) is 0 Å². The number of allylic oxidation sites excluding steroid dienone is 2. The summed E-state index contributed by atoms with van der Waals surface area (Å²) in [4.78, 5) is 0. The first-order valence-corrected chi connectivity index (χ1v) is 3.65. The van der Waals surface area contributed by atoms with Crippen molar-refractivity contribution >= 4 is 0 Å². The van der Waals surface area contributed by atoms with E-state index in [2.05, 4.69) is 6.07 Å². The van der Waals surface area contributed by atoms with E-state index in [1.165, 1.54) is 14.2 Å². The van der Waals surface area contributed by atoms with Crippen LogP contribution in [0.25, 0.3) is 0 Å². The maximum absolute atomic E-state index is 8.79. The highest BCUT2D eigenvalue weighted by molar-refractivity contribution is 5.24. The molecule has 12 heavy (non-hydrogen) atoms. The molecule has 1 rings (SSSR count). The van der Waals surface area contributed by atoms with Gasteiger partial charge in [0.1, 0.15) is 5.92 Å². The fraction of sp³-hybridized carbons (Fsp3) is 0.444. The molecule has 0 fully saturated rings. The van der Waals surface area contributed by atoms with E-state index in [9.17, 15) is 0 Å². The summed E-state index contributed by atoms with van der Waals surface area (Å²) >= 11 is 0. The molecule has 1 atom stereocenters. The number of rotatable bonds is 2. The lowest BCUT2D eigenvalue weighted by Gasteiger charge is -2.31. The second-order valence-corrected chi connectivity index (χ2v) is 2.48. The lowest BCUT2D eigenvalue weighted by molar-refractivity contribution is -0.184. The highest BCUT2D eigenvalue weighted by Gasteiger charge is 2.36. The van der Waals surface area contributed by atoms with Crippen molar-refractivity contribution in [2.24, 2.45) is 5.92 Å². The lowest BCUT2D eigenvalue weighted by Crippen LogP contribution is -2.39. The van der Waals surface area contributed by atoms with Crippen molar-refractivity contribution in [3.05, 3.63) is 24.3 Å². The van der Waals surface area contributed by atoms with E-state index in [4.69, 9.17) is 14.7 Å². The Bertz CT molecular complexity index is 246. The van der Waals surface area contributed by atoms with Crippen molar-refractivity contribution < 1.29 is 9.47 Å². The van der Waals surface area contributed by atoms with Gasteiger partial charge in [-0.1, -0.05) is 18.2 Å². The molecule has 0 aromatic heterocycles. The zero-order valence-electron chi connectivity index (χ0n) is 7.15. The molecule has 0 spiro atoms. The zero-order chi connectivity index (χ0) is 9.03. The third-order valence-corrected chi connectivity index (χ3v) is 1.95. The van der Waals surface area contributed by atoms with Crippen molar-refractivity contribution in [1.82, 2.24) is 0 Å². The van der Waals surface area contributed by atoms with Crippen molar-refractivity contribution in [2.45, 2.75) is 5.79 Å². The first-order chi connectivity index (χ1) is 5.79. The van der Waals surface area contributed by atoms with Gasteiger partial charge in [0.15, 0.2) is 0 Å². The van der Waals surface area contributed by atoms with Crippen LogP contribution in [-0.4, -0.2) is 20.0 Å². The molecule has 0 radical (unpaired) electrons. The topological polar surface area (TPSA) is 42.2 Å². The Morgan fingerprint density at radius 1 is 1.33 bits per heavy atom. The van der Waals surface area contributed by atoms with Crippen molar-refractivity contribution in [3.8, 4) is 6.07 Å². The maximum atomic E-state index is 8.79. The predicted molar refractivity (Wildman–Crippen MR) is 44.1 cm³/mol. The second kappa shape index (κ2) is 3.53. The molecule has 1 aliphatic carbocycles. The molecule has 0 aliphatic heterocycles. The molecule has 0 amide bonds. The lowest BCUT2D eigenvalue weighted by atomic mass is 9.95. The zero-order valence-corrected chi connectivity index (χ0v) is 7.15. The molecule has 1 unspecified atom stereocenters. The summed E-state index contributed by atoms with van der Waals surface area (Å²) in [6.07, 6.45) is 7.11. The van der Waals surface area contributed by atoms with Gasteiger partial charge in [-0.2, -0.15) is 5.26 Å². The van der Waals surface area contributed by atoms with Gasteiger partial charge in [-0.15, -0.1) is 0 Å². The van der Waals surface area contributed by atoms with E-state index in [1.54, 1.807) is 18.2 Å². The minimum absolute atomic E-state index is 0.377. The van der Waals surface area contributed by atoms with E-state index < -0.39 is 5.79 Å². The first-order valence-electron chi connectivity index (χ1n) is 3.65. The van der Waals surface area contributed by atoms with Gasteiger partial charge in [0.2, 0.25) is 5.79 Å². The highest BCUT2D eigenvalue weighted by atomic mass is 16.7. The Labute approximate surface area is 71.9 Å². The van der Waals surface area contributed by atoms with Gasteiger partial charge in [-0.25, -0.2) is 0 Å². The first kappa shape index (κ1) is 8.98. The quantitative estimate of drug-likeness (QED) is 0.578. The van der Waals surface area contributed by atoms with Crippen LogP contribution in [0.5, 0.6) is 0 Å². The number of ether oxygens (including phenoxy) is 2. The molecule has 3 nitrogen and oxygen atoms in total. The highest BCUT2D eigenvalue weighted by Crippen LogP contribution is 2.27. The average Bonchev–Trinajstić information content (AvgIpc) is 2.17. The van der Waals surface area contributed by atoms with Gasteiger partial charge in [0, 0.05) is 14.2 Å². The summed E-state index contributed by atoms with van der Waals surface area (Å²) in [5.74, 6) is -1.28. The molecule has 64 valence electrons. The van der Waals surface area contributed by atoms with Crippen molar-refractivity contribution in [3.63, 3.8) is 0 Å². The summed E-state index contributed by atoms with van der Waals surface area (Å²) in [7, 11) is 3.05. The third kappa shape index (κ3) is 1.27. The van der Waals surface area contributed by atoms with E-state index in [0.29, 0.717) is 0 Å². The van der Waals surface area contributed by atoms with E-state index in [-0.39, 0.29) is 5.92 Å². The number of hydrogen-bond acceptors (Lipinski definition) is 3. The maximum Gasteiger partial charge on any atom is 0.207 e. The Morgan fingerprint density at radius 2 is 2.00 bits per heavy atom. The van der Waals surface area contributed by atoms with Gasteiger partial charge < -0.3 is 9.47 Å². The van der Waals surface area contributed by atoms with Crippen LogP contribution in [-0.2, 0) is 9.47 Å². The molecule has 3 heteroatoms. The molecule has 0 saturated heterocycles. The molecular weight excluding hydrogens is 154 g/mol. The standard InChI is InChI=1S/C9H11NO2/c1-11-9(12-2)6-4-3-5-8(9)7-10/h3-6,8H,1-2H3. The molecule has 0 bridgehead atoms. The van der Waals surface area contributed by atoms with Crippen molar-refractivity contribution in [2.75, 3.05) is 14.2 Å². The SMILES string of the molecule is COC1(OC)C=CC=CC1C#N. The minimum atomic E-state index is -0.899. The molecule has 0 heterocycles. The van der Waals surface area contributed by atoms with Crippen LogP contribution in [0.3, 0.4) is 0 Å². The fourth-order valence-corrected chi connectivity index (χ4v) is 1.21. The van der Waals surface area contributed by atoms with Crippen LogP contribution in [0.1, 0.15) is 0 Å². The molecule has 0 aromatic carbocycles. The normalized spacial score (nSPS) is 25.2. The van der Waals surface area contributed by atoms with Crippen LogP contribution >= 0.6 is 0 Å². The molecule has 1 aliphatic rings. The largest absolute Gasteiger partial charge is 0.348 e. The Hall–Kier alpha value is -1.11. The van der Waals surface area contributed by atoms with Crippen LogP contribution in [0.4, 0.5) is 0 Å². The van der Waals surface area contributed by atoms with Gasteiger partial charge in [-0.05, 0) is 6.08 Å². The number of nitriles is 1. The summed E-state index contributed by atoms with van der Waals surface area (Å²) < 4.78 is 10.3. The number of hydrogen-bond donors (Lipinski definition) is 0. The van der Waals surface area contributed by atoms with Crippen LogP contribution in [0.2, 0.25) is 0 Å². The van der Waals surface area contributed by atoms with E-state index in [1.807, 2.05) is 6.08 Å². The van der Waals surface area contributed by atoms with Gasteiger partial charge >= 0.3 is 0 Å². The molecule has 0 N–H and O–H groups in total. The Kier molecular flexibility index (Phi) is 2.64. The third-order valence-electron chi connectivity index (χ3n) is 1.95. The molecule has 0 saturated carbocycles. The van der Waals surface area contributed by atoms with Gasteiger partial charge in [-0.3, -0.25) is 0 Å².